The third-order valence-electron chi connectivity index (χ3n) is 4.70. The van der Waals surface area contributed by atoms with Crippen LogP contribution in [0.3, 0.4) is 0 Å². The summed E-state index contributed by atoms with van der Waals surface area (Å²) < 4.78 is 10.9. The van der Waals surface area contributed by atoms with E-state index in [1.807, 2.05) is 45.0 Å². The summed E-state index contributed by atoms with van der Waals surface area (Å²) in [4.78, 5) is 32.3. The second-order valence-corrected chi connectivity index (χ2v) is 8.46. The number of carbonyl (C=O) groups is 2. The van der Waals surface area contributed by atoms with Gasteiger partial charge < -0.3 is 9.47 Å². The molecule has 7 heteroatoms. The normalized spacial score (nSPS) is 21.7. The van der Waals surface area contributed by atoms with Crippen LogP contribution in [0.1, 0.15) is 45.7 Å². The SMILES string of the molecule is CCC1SC2=NC(C)=C(C(=O)OCC(C)C)C(c3cccc(OC)c3)N2C1=O. The Morgan fingerprint density at radius 3 is 2.75 bits per heavy atom. The molecule has 0 bridgehead atoms. The lowest BCUT2D eigenvalue weighted by molar-refractivity contribution is -0.141. The molecule has 0 saturated carbocycles. The third-order valence-corrected chi connectivity index (χ3v) is 6.02. The van der Waals surface area contributed by atoms with Gasteiger partial charge in [0.2, 0.25) is 5.91 Å². The van der Waals surface area contributed by atoms with Crippen molar-refractivity contribution in [3.05, 3.63) is 41.1 Å². The summed E-state index contributed by atoms with van der Waals surface area (Å²) in [6, 6.07) is 6.88. The first kappa shape index (κ1) is 20.5. The van der Waals surface area contributed by atoms with Crippen LogP contribution in [0.2, 0.25) is 0 Å². The van der Waals surface area contributed by atoms with Crippen molar-refractivity contribution in [3.63, 3.8) is 0 Å². The van der Waals surface area contributed by atoms with E-state index in [1.54, 1.807) is 18.9 Å². The van der Waals surface area contributed by atoms with E-state index in [1.165, 1.54) is 11.8 Å². The number of carbonyl (C=O) groups excluding carboxylic acids is 2. The van der Waals surface area contributed by atoms with Crippen LogP contribution in [0.5, 0.6) is 5.75 Å². The Bertz CT molecular complexity index is 847. The van der Waals surface area contributed by atoms with E-state index in [0.29, 0.717) is 35.2 Å². The Labute approximate surface area is 170 Å². The Kier molecular flexibility index (Phi) is 6.13. The van der Waals surface area contributed by atoms with Crippen LogP contribution in [-0.4, -0.2) is 40.9 Å². The van der Waals surface area contributed by atoms with E-state index >= 15 is 0 Å². The first-order chi connectivity index (χ1) is 13.4. The largest absolute Gasteiger partial charge is 0.497 e. The molecule has 0 radical (unpaired) electrons. The highest BCUT2D eigenvalue weighted by Gasteiger charge is 2.47. The molecule has 1 aromatic rings. The van der Waals surface area contributed by atoms with E-state index < -0.39 is 12.0 Å². The standard InChI is InChI=1S/C21H26N2O4S/c1-6-16-19(24)23-18(14-8-7-9-15(10-14)26-5)17(13(4)22-21(23)28-16)20(25)27-11-12(2)3/h7-10,12,16,18H,6,11H2,1-5H3. The van der Waals surface area contributed by atoms with Crippen molar-refractivity contribution in [1.82, 2.24) is 4.90 Å². The van der Waals surface area contributed by atoms with Gasteiger partial charge in [-0.25, -0.2) is 9.79 Å². The molecule has 0 aromatic heterocycles. The minimum absolute atomic E-state index is 0.0271. The molecule has 2 aliphatic heterocycles. The molecule has 6 nitrogen and oxygen atoms in total. The van der Waals surface area contributed by atoms with Crippen LogP contribution in [0.25, 0.3) is 0 Å². The van der Waals surface area contributed by atoms with Crippen molar-refractivity contribution in [1.29, 1.82) is 0 Å². The number of benzene rings is 1. The predicted molar refractivity (Wildman–Crippen MR) is 110 cm³/mol. The second-order valence-electron chi connectivity index (χ2n) is 7.29. The molecule has 1 saturated heterocycles. The number of hydrogen-bond donors (Lipinski definition) is 0. The van der Waals surface area contributed by atoms with Crippen molar-refractivity contribution in [3.8, 4) is 5.75 Å². The van der Waals surface area contributed by atoms with Gasteiger partial charge >= 0.3 is 5.97 Å². The number of nitrogens with zero attached hydrogens (tertiary/aromatic N) is 2. The van der Waals surface area contributed by atoms with Crippen molar-refractivity contribution in [2.75, 3.05) is 13.7 Å². The summed E-state index contributed by atoms with van der Waals surface area (Å²) >= 11 is 1.46. The van der Waals surface area contributed by atoms with Gasteiger partial charge in [-0.3, -0.25) is 9.69 Å². The van der Waals surface area contributed by atoms with E-state index in [4.69, 9.17) is 9.47 Å². The first-order valence-electron chi connectivity index (χ1n) is 9.47. The molecule has 1 amide bonds. The molecule has 2 unspecified atom stereocenters. The molecule has 150 valence electrons. The lowest BCUT2D eigenvalue weighted by Gasteiger charge is -2.33. The van der Waals surface area contributed by atoms with Gasteiger partial charge in [0.05, 0.1) is 36.3 Å². The maximum atomic E-state index is 13.1. The highest BCUT2D eigenvalue weighted by Crippen LogP contribution is 2.44. The van der Waals surface area contributed by atoms with Crippen LogP contribution in [0, 0.1) is 5.92 Å². The predicted octanol–water partition coefficient (Wildman–Crippen LogP) is 3.93. The molecule has 1 aromatic carbocycles. The lowest BCUT2D eigenvalue weighted by Crippen LogP contribution is -2.41. The summed E-state index contributed by atoms with van der Waals surface area (Å²) in [6.07, 6.45) is 0.704. The molecule has 0 spiro atoms. The van der Waals surface area contributed by atoms with Crippen molar-refractivity contribution in [2.24, 2.45) is 10.9 Å². The molecule has 0 N–H and O–H groups in total. The molecular weight excluding hydrogens is 376 g/mol. The Balaban J connectivity index is 2.08. The summed E-state index contributed by atoms with van der Waals surface area (Å²) in [5, 5.41) is 0.452. The van der Waals surface area contributed by atoms with Crippen LogP contribution in [0.15, 0.2) is 40.5 Å². The monoisotopic (exact) mass is 402 g/mol. The molecule has 1 fully saturated rings. The van der Waals surface area contributed by atoms with Gasteiger partial charge in [0.1, 0.15) is 5.75 Å². The fourth-order valence-electron chi connectivity index (χ4n) is 3.30. The van der Waals surface area contributed by atoms with E-state index in [2.05, 4.69) is 4.99 Å². The number of amides is 1. The van der Waals surface area contributed by atoms with Crippen molar-refractivity contribution < 1.29 is 19.1 Å². The van der Waals surface area contributed by atoms with Crippen LogP contribution >= 0.6 is 11.8 Å². The van der Waals surface area contributed by atoms with E-state index in [0.717, 1.165) is 5.56 Å². The fourth-order valence-corrected chi connectivity index (χ4v) is 4.43. The summed E-state index contributed by atoms with van der Waals surface area (Å²) in [7, 11) is 1.59. The van der Waals surface area contributed by atoms with Gasteiger partial charge in [0.25, 0.3) is 0 Å². The summed E-state index contributed by atoms with van der Waals surface area (Å²) in [6.45, 7) is 8.06. The molecular formula is C21H26N2O4S. The zero-order valence-electron chi connectivity index (χ0n) is 16.9. The van der Waals surface area contributed by atoms with Gasteiger partial charge in [0, 0.05) is 0 Å². The molecule has 3 rings (SSSR count). The number of ether oxygens (including phenoxy) is 2. The molecule has 28 heavy (non-hydrogen) atoms. The van der Waals surface area contributed by atoms with Crippen molar-refractivity contribution in [2.45, 2.75) is 45.4 Å². The first-order valence-corrected chi connectivity index (χ1v) is 10.4. The quantitative estimate of drug-likeness (QED) is 0.675. The third kappa shape index (κ3) is 3.81. The smallest absolute Gasteiger partial charge is 0.338 e. The van der Waals surface area contributed by atoms with Gasteiger partial charge in [-0.15, -0.1) is 0 Å². The van der Waals surface area contributed by atoms with Crippen LogP contribution < -0.4 is 4.74 Å². The second kappa shape index (κ2) is 8.39. The Morgan fingerprint density at radius 2 is 2.11 bits per heavy atom. The Morgan fingerprint density at radius 1 is 1.36 bits per heavy atom. The van der Waals surface area contributed by atoms with Gasteiger partial charge in [0.15, 0.2) is 5.17 Å². The number of methoxy groups -OCH3 is 1. The summed E-state index contributed by atoms with van der Waals surface area (Å²) in [5.74, 6) is 0.428. The lowest BCUT2D eigenvalue weighted by atomic mass is 9.94. The van der Waals surface area contributed by atoms with Crippen LogP contribution in [0.4, 0.5) is 0 Å². The number of aliphatic imine (C=N–C) groups is 1. The average molecular weight is 403 g/mol. The fraction of sp³-hybridized carbons (Fsp3) is 0.476. The maximum Gasteiger partial charge on any atom is 0.338 e. The number of esters is 1. The zero-order valence-corrected chi connectivity index (χ0v) is 17.7. The summed E-state index contributed by atoms with van der Waals surface area (Å²) in [5.41, 5.74) is 1.79. The topological polar surface area (TPSA) is 68.2 Å². The molecule has 2 atom stereocenters. The average Bonchev–Trinajstić information content (AvgIpc) is 3.00. The number of amidine groups is 1. The highest BCUT2D eigenvalue weighted by atomic mass is 32.2. The van der Waals surface area contributed by atoms with Gasteiger partial charge in [-0.2, -0.15) is 0 Å². The number of rotatable bonds is 6. The Hall–Kier alpha value is -2.28. The van der Waals surface area contributed by atoms with Gasteiger partial charge in [-0.05, 0) is 37.0 Å². The van der Waals surface area contributed by atoms with Crippen molar-refractivity contribution >= 4 is 28.8 Å². The molecule has 2 heterocycles. The number of fused-ring (bicyclic) bond motifs is 1. The number of allylic oxidation sites excluding steroid dienone is 1. The minimum atomic E-state index is -0.571. The number of hydrogen-bond acceptors (Lipinski definition) is 6. The zero-order chi connectivity index (χ0) is 20.4. The van der Waals surface area contributed by atoms with E-state index in [9.17, 15) is 9.59 Å². The highest BCUT2D eigenvalue weighted by molar-refractivity contribution is 8.15. The maximum absolute atomic E-state index is 13.1. The van der Waals surface area contributed by atoms with Gasteiger partial charge in [-0.1, -0.05) is 44.7 Å². The molecule has 0 aliphatic carbocycles. The minimum Gasteiger partial charge on any atom is -0.497 e. The van der Waals surface area contributed by atoms with Crippen LogP contribution in [-0.2, 0) is 14.3 Å². The van der Waals surface area contributed by atoms with E-state index in [-0.39, 0.29) is 17.1 Å². The number of thioether (sulfide) groups is 1. The molecule has 2 aliphatic rings.